The monoisotopic (exact) mass is 318 g/mol. The highest BCUT2D eigenvalue weighted by Crippen LogP contribution is 2.40. The predicted octanol–water partition coefficient (Wildman–Crippen LogP) is 1.54. The van der Waals surface area contributed by atoms with Gasteiger partial charge in [-0.2, -0.15) is 17.0 Å². The van der Waals surface area contributed by atoms with Crippen molar-refractivity contribution in [2.24, 2.45) is 11.8 Å². The fraction of sp³-hybridized carbons (Fsp3) is 0.929. The maximum Gasteiger partial charge on any atom is 0.304 e. The van der Waals surface area contributed by atoms with Gasteiger partial charge in [0.2, 0.25) is 0 Å². The van der Waals surface area contributed by atoms with E-state index in [1.54, 1.807) is 4.31 Å². The van der Waals surface area contributed by atoms with Gasteiger partial charge in [0.25, 0.3) is 10.2 Å². The number of carboxylic acids is 1. The van der Waals surface area contributed by atoms with Crippen LogP contribution in [0.3, 0.4) is 0 Å². The van der Waals surface area contributed by atoms with Crippen molar-refractivity contribution in [3.63, 3.8) is 0 Å². The van der Waals surface area contributed by atoms with Gasteiger partial charge in [0.05, 0.1) is 6.42 Å². The summed E-state index contributed by atoms with van der Waals surface area (Å²) in [5.74, 6) is 0.0566. The van der Waals surface area contributed by atoms with Crippen molar-refractivity contribution in [2.45, 2.75) is 51.5 Å². The van der Waals surface area contributed by atoms with Crippen molar-refractivity contribution < 1.29 is 18.3 Å². The highest BCUT2D eigenvalue weighted by Gasteiger charge is 2.43. The number of carboxylic acid groups (broad SMARTS) is 1. The Morgan fingerprint density at radius 1 is 1.29 bits per heavy atom. The zero-order chi connectivity index (χ0) is 15.6. The van der Waals surface area contributed by atoms with Gasteiger partial charge in [0, 0.05) is 26.2 Å². The van der Waals surface area contributed by atoms with Crippen LogP contribution in [0.4, 0.5) is 0 Å². The molecular weight excluding hydrogens is 292 g/mol. The molecule has 1 saturated heterocycles. The lowest BCUT2D eigenvalue weighted by molar-refractivity contribution is -0.137. The van der Waals surface area contributed by atoms with Gasteiger partial charge in [-0.1, -0.05) is 19.8 Å². The Bertz CT molecular complexity index is 479. The van der Waals surface area contributed by atoms with Crippen LogP contribution in [0.5, 0.6) is 0 Å². The molecule has 2 rings (SSSR count). The number of hydrogen-bond donors (Lipinski definition) is 1. The minimum atomic E-state index is -3.55. The molecule has 1 aliphatic heterocycles. The Morgan fingerprint density at radius 2 is 1.95 bits per heavy atom. The molecule has 0 radical (unpaired) electrons. The third kappa shape index (κ3) is 3.57. The van der Waals surface area contributed by atoms with Gasteiger partial charge in [-0.25, -0.2) is 0 Å². The number of piperidine rings is 1. The maximum atomic E-state index is 12.7. The molecule has 2 aliphatic rings. The molecule has 7 heteroatoms. The fourth-order valence-electron chi connectivity index (χ4n) is 3.71. The summed E-state index contributed by atoms with van der Waals surface area (Å²) >= 11 is 0. The Kier molecular flexibility index (Phi) is 5.27. The van der Waals surface area contributed by atoms with Gasteiger partial charge < -0.3 is 5.11 Å². The van der Waals surface area contributed by atoms with Crippen molar-refractivity contribution in [1.82, 2.24) is 8.61 Å². The maximum absolute atomic E-state index is 12.7. The molecule has 1 N–H and O–H groups in total. The summed E-state index contributed by atoms with van der Waals surface area (Å²) in [6.07, 6.45) is 5.05. The zero-order valence-electron chi connectivity index (χ0n) is 12.9. The smallest absolute Gasteiger partial charge is 0.304 e. The molecule has 6 nitrogen and oxygen atoms in total. The first-order chi connectivity index (χ1) is 9.84. The Labute approximate surface area is 127 Å². The van der Waals surface area contributed by atoms with Crippen LogP contribution in [-0.4, -0.2) is 54.3 Å². The summed E-state index contributed by atoms with van der Waals surface area (Å²) in [6, 6.07) is 0.0970. The van der Waals surface area contributed by atoms with Crippen LogP contribution >= 0.6 is 0 Å². The molecule has 0 aromatic carbocycles. The number of aliphatic carboxylic acids is 1. The molecule has 1 heterocycles. The van der Waals surface area contributed by atoms with E-state index in [-0.39, 0.29) is 19.0 Å². The van der Waals surface area contributed by atoms with E-state index >= 15 is 0 Å². The van der Waals surface area contributed by atoms with E-state index in [0.717, 1.165) is 25.7 Å². The van der Waals surface area contributed by atoms with Gasteiger partial charge in [-0.05, 0) is 31.1 Å². The second kappa shape index (κ2) is 6.62. The minimum Gasteiger partial charge on any atom is -0.481 e. The quantitative estimate of drug-likeness (QED) is 0.834. The average molecular weight is 318 g/mol. The molecule has 122 valence electrons. The standard InChI is InChI=1S/C14H26N2O4S/c1-11-7-10-16(13-6-4-3-5-12(11)13)21(19,20)15(2)9-8-14(17)18/h11-13H,3-10H2,1-2H3,(H,17,18). The van der Waals surface area contributed by atoms with Crippen LogP contribution in [-0.2, 0) is 15.0 Å². The SMILES string of the molecule is CC1CCN(S(=O)(=O)N(C)CCC(=O)O)C2CCCCC12. The van der Waals surface area contributed by atoms with E-state index in [0.29, 0.717) is 18.4 Å². The lowest BCUT2D eigenvalue weighted by Crippen LogP contribution is -2.55. The van der Waals surface area contributed by atoms with Gasteiger partial charge in [-0.15, -0.1) is 0 Å². The van der Waals surface area contributed by atoms with E-state index < -0.39 is 16.2 Å². The van der Waals surface area contributed by atoms with E-state index in [1.807, 2.05) is 0 Å². The van der Waals surface area contributed by atoms with Crippen LogP contribution in [0.15, 0.2) is 0 Å². The van der Waals surface area contributed by atoms with Crippen LogP contribution in [0.1, 0.15) is 45.4 Å². The molecule has 21 heavy (non-hydrogen) atoms. The van der Waals surface area contributed by atoms with E-state index in [4.69, 9.17) is 5.11 Å². The summed E-state index contributed by atoms with van der Waals surface area (Å²) in [4.78, 5) is 10.6. The van der Waals surface area contributed by atoms with Crippen molar-refractivity contribution in [3.8, 4) is 0 Å². The van der Waals surface area contributed by atoms with Crippen LogP contribution < -0.4 is 0 Å². The number of fused-ring (bicyclic) bond motifs is 1. The highest BCUT2D eigenvalue weighted by molar-refractivity contribution is 7.86. The predicted molar refractivity (Wildman–Crippen MR) is 80.0 cm³/mol. The first-order valence-corrected chi connectivity index (χ1v) is 9.18. The second-order valence-corrected chi connectivity index (χ2v) is 8.35. The lowest BCUT2D eigenvalue weighted by Gasteiger charge is -2.47. The molecule has 3 unspecified atom stereocenters. The van der Waals surface area contributed by atoms with Crippen LogP contribution in [0, 0.1) is 11.8 Å². The molecule has 0 bridgehead atoms. The number of hydrogen-bond acceptors (Lipinski definition) is 3. The van der Waals surface area contributed by atoms with Crippen molar-refractivity contribution in [2.75, 3.05) is 20.1 Å². The first-order valence-electron chi connectivity index (χ1n) is 7.79. The molecular formula is C14H26N2O4S. The minimum absolute atomic E-state index is 0.0289. The molecule has 2 fully saturated rings. The highest BCUT2D eigenvalue weighted by atomic mass is 32.2. The van der Waals surface area contributed by atoms with Crippen LogP contribution in [0.2, 0.25) is 0 Å². The third-order valence-electron chi connectivity index (χ3n) is 5.02. The number of nitrogens with zero attached hydrogens (tertiary/aromatic N) is 2. The summed E-state index contributed by atoms with van der Waals surface area (Å²) in [7, 11) is -2.07. The largest absolute Gasteiger partial charge is 0.481 e. The van der Waals surface area contributed by atoms with Gasteiger partial charge >= 0.3 is 5.97 Å². The summed E-state index contributed by atoms with van der Waals surface area (Å²) < 4.78 is 28.3. The van der Waals surface area contributed by atoms with E-state index in [2.05, 4.69) is 6.92 Å². The number of rotatable bonds is 5. The van der Waals surface area contributed by atoms with Gasteiger partial charge in [0.15, 0.2) is 0 Å². The normalized spacial score (nSPS) is 31.1. The topological polar surface area (TPSA) is 77.9 Å². The van der Waals surface area contributed by atoms with Gasteiger partial charge in [-0.3, -0.25) is 4.79 Å². The zero-order valence-corrected chi connectivity index (χ0v) is 13.7. The van der Waals surface area contributed by atoms with Crippen LogP contribution in [0.25, 0.3) is 0 Å². The van der Waals surface area contributed by atoms with Crippen molar-refractivity contribution in [3.05, 3.63) is 0 Å². The Hall–Kier alpha value is -0.660. The van der Waals surface area contributed by atoms with E-state index in [9.17, 15) is 13.2 Å². The summed E-state index contributed by atoms with van der Waals surface area (Å²) in [6.45, 7) is 2.81. The van der Waals surface area contributed by atoms with Crippen molar-refractivity contribution >= 4 is 16.2 Å². The Balaban J connectivity index is 2.12. The Morgan fingerprint density at radius 3 is 2.62 bits per heavy atom. The average Bonchev–Trinajstić information content (AvgIpc) is 2.45. The third-order valence-corrected chi connectivity index (χ3v) is 7.03. The first kappa shape index (κ1) is 16.7. The summed E-state index contributed by atoms with van der Waals surface area (Å²) in [5, 5.41) is 8.73. The molecule has 3 atom stereocenters. The molecule has 0 amide bonds. The second-order valence-electron chi connectivity index (χ2n) is 6.37. The van der Waals surface area contributed by atoms with E-state index in [1.165, 1.54) is 17.8 Å². The van der Waals surface area contributed by atoms with Gasteiger partial charge in [0.1, 0.15) is 0 Å². The molecule has 0 aromatic heterocycles. The van der Waals surface area contributed by atoms with Crippen molar-refractivity contribution in [1.29, 1.82) is 0 Å². The summed E-state index contributed by atoms with van der Waals surface area (Å²) in [5.41, 5.74) is 0. The molecule has 0 spiro atoms. The molecule has 1 saturated carbocycles. The number of carbonyl (C=O) groups is 1. The molecule has 0 aromatic rings. The fourth-order valence-corrected chi connectivity index (χ4v) is 5.33. The molecule has 1 aliphatic carbocycles. The lowest BCUT2D eigenvalue weighted by atomic mass is 9.74.